The van der Waals surface area contributed by atoms with Gasteiger partial charge in [-0.25, -0.2) is 4.39 Å². The van der Waals surface area contributed by atoms with Crippen LogP contribution in [0.4, 0.5) is 4.39 Å². The van der Waals surface area contributed by atoms with E-state index in [1.807, 2.05) is 0 Å². The normalized spacial score (nSPS) is 21.2. The molecule has 1 aliphatic carbocycles. The Morgan fingerprint density at radius 2 is 1.71 bits per heavy atom. The van der Waals surface area contributed by atoms with Crippen LogP contribution in [0.3, 0.4) is 0 Å². The minimum absolute atomic E-state index is 0.0370. The van der Waals surface area contributed by atoms with E-state index in [4.69, 9.17) is 0 Å². The lowest BCUT2D eigenvalue weighted by Crippen LogP contribution is -2.11. The van der Waals surface area contributed by atoms with E-state index in [0.717, 1.165) is 0 Å². The minimum atomic E-state index is -0.280. The van der Waals surface area contributed by atoms with Crippen molar-refractivity contribution in [3.63, 3.8) is 0 Å². The molecule has 17 heavy (non-hydrogen) atoms. The highest BCUT2D eigenvalue weighted by molar-refractivity contribution is 5.88. The fourth-order valence-corrected chi connectivity index (χ4v) is 2.93. The van der Waals surface area contributed by atoms with Gasteiger partial charge in [-0.15, -0.1) is 0 Å². The van der Waals surface area contributed by atoms with E-state index in [9.17, 15) is 9.18 Å². The number of rotatable bonds is 3. The molecule has 1 saturated carbocycles. The quantitative estimate of drug-likeness (QED) is 0.780. The van der Waals surface area contributed by atoms with Gasteiger partial charge in [0.05, 0.1) is 0 Å². The first-order chi connectivity index (χ1) is 7.78. The van der Waals surface area contributed by atoms with Crippen molar-refractivity contribution in [1.82, 2.24) is 0 Å². The maximum Gasteiger partial charge on any atom is 0.141 e. The summed E-state index contributed by atoms with van der Waals surface area (Å²) in [5.74, 6) is -0.0724. The van der Waals surface area contributed by atoms with Gasteiger partial charge in [-0.2, -0.15) is 0 Å². The number of halogens is 1. The van der Waals surface area contributed by atoms with Crippen LogP contribution in [0.5, 0.6) is 0 Å². The van der Waals surface area contributed by atoms with E-state index in [-0.39, 0.29) is 34.8 Å². The topological polar surface area (TPSA) is 17.1 Å². The van der Waals surface area contributed by atoms with Crippen molar-refractivity contribution in [2.24, 2.45) is 16.7 Å². The summed E-state index contributed by atoms with van der Waals surface area (Å²) >= 11 is 0. The highest BCUT2D eigenvalue weighted by atomic mass is 19.1. The number of ketones is 1. The Morgan fingerprint density at radius 3 is 2.18 bits per heavy atom. The largest absolute Gasteiger partial charge is 0.299 e. The van der Waals surface area contributed by atoms with Crippen LogP contribution in [-0.2, 0) is 11.2 Å². The van der Waals surface area contributed by atoms with Crippen LogP contribution in [0.15, 0.2) is 24.3 Å². The first-order valence-corrected chi connectivity index (χ1v) is 6.04. The molecule has 0 amide bonds. The molecule has 0 heterocycles. The zero-order valence-electron chi connectivity index (χ0n) is 10.9. The molecule has 0 bridgehead atoms. The van der Waals surface area contributed by atoms with Gasteiger partial charge in [0.2, 0.25) is 0 Å². The van der Waals surface area contributed by atoms with E-state index in [2.05, 4.69) is 27.7 Å². The molecule has 0 spiro atoms. The maximum absolute atomic E-state index is 13.5. The molecule has 0 aromatic heterocycles. The summed E-state index contributed by atoms with van der Waals surface area (Å²) in [5, 5.41) is 0. The van der Waals surface area contributed by atoms with Crippen molar-refractivity contribution in [1.29, 1.82) is 0 Å². The highest BCUT2D eigenvalue weighted by Crippen LogP contribution is 2.68. The number of hydrogen-bond donors (Lipinski definition) is 0. The Labute approximate surface area is 102 Å². The van der Waals surface area contributed by atoms with Gasteiger partial charge in [0, 0.05) is 12.3 Å². The van der Waals surface area contributed by atoms with Gasteiger partial charge in [0.1, 0.15) is 11.6 Å². The van der Waals surface area contributed by atoms with Crippen LogP contribution < -0.4 is 0 Å². The Hall–Kier alpha value is -1.18. The summed E-state index contributed by atoms with van der Waals surface area (Å²) in [6.45, 7) is 8.43. The van der Waals surface area contributed by atoms with E-state index < -0.39 is 0 Å². The summed E-state index contributed by atoms with van der Waals surface area (Å²) in [7, 11) is 0. The van der Waals surface area contributed by atoms with E-state index in [0.29, 0.717) is 5.56 Å². The SMILES string of the molecule is CC1(C)C(C(=O)Cc2ccccc2F)C1(C)C. The van der Waals surface area contributed by atoms with Crippen LogP contribution in [0.2, 0.25) is 0 Å². The van der Waals surface area contributed by atoms with Gasteiger partial charge in [-0.1, -0.05) is 45.9 Å². The number of Topliss-reactive ketones (excluding diaryl/α,β-unsaturated/α-hetero) is 1. The third-order valence-electron chi connectivity index (χ3n) is 4.67. The zero-order valence-corrected chi connectivity index (χ0v) is 10.9. The summed E-state index contributed by atoms with van der Waals surface area (Å²) in [5.41, 5.74) is 0.584. The zero-order chi connectivity index (χ0) is 12.8. The predicted molar refractivity (Wildman–Crippen MR) is 66.2 cm³/mol. The highest BCUT2D eigenvalue weighted by Gasteiger charge is 2.67. The monoisotopic (exact) mass is 234 g/mol. The number of hydrogen-bond acceptors (Lipinski definition) is 1. The molecule has 2 heteroatoms. The van der Waals surface area contributed by atoms with Crippen molar-refractivity contribution in [3.05, 3.63) is 35.6 Å². The lowest BCUT2D eigenvalue weighted by molar-refractivity contribution is -0.120. The lowest BCUT2D eigenvalue weighted by Gasteiger charge is -2.03. The Kier molecular flexibility index (Phi) is 2.64. The van der Waals surface area contributed by atoms with Crippen molar-refractivity contribution in [2.75, 3.05) is 0 Å². The molecule has 0 aliphatic heterocycles. The van der Waals surface area contributed by atoms with Crippen molar-refractivity contribution in [2.45, 2.75) is 34.1 Å². The molecule has 1 aromatic rings. The summed E-state index contributed by atoms with van der Waals surface area (Å²) in [4.78, 5) is 12.2. The van der Waals surface area contributed by atoms with Crippen molar-refractivity contribution in [3.8, 4) is 0 Å². The van der Waals surface area contributed by atoms with Crippen LogP contribution in [0.25, 0.3) is 0 Å². The molecule has 1 fully saturated rings. The molecule has 0 saturated heterocycles. The number of benzene rings is 1. The second-order valence-corrected chi connectivity index (χ2v) is 6.11. The number of carbonyl (C=O) groups is 1. The van der Waals surface area contributed by atoms with E-state index in [1.165, 1.54) is 6.07 Å². The smallest absolute Gasteiger partial charge is 0.141 e. The predicted octanol–water partition coefficient (Wildman–Crippen LogP) is 3.62. The summed E-state index contributed by atoms with van der Waals surface area (Å²) < 4.78 is 13.5. The standard InChI is InChI=1S/C15H19FO/c1-14(2)13(15(14,3)4)12(17)9-10-7-5-6-8-11(10)16/h5-8,13H,9H2,1-4H3. The summed E-state index contributed by atoms with van der Waals surface area (Å²) in [6, 6.07) is 6.52. The van der Waals surface area contributed by atoms with Gasteiger partial charge < -0.3 is 0 Å². The molecule has 0 radical (unpaired) electrons. The van der Waals surface area contributed by atoms with Gasteiger partial charge in [0.25, 0.3) is 0 Å². The molecule has 0 atom stereocenters. The van der Waals surface area contributed by atoms with Gasteiger partial charge >= 0.3 is 0 Å². The molecule has 0 N–H and O–H groups in total. The lowest BCUT2D eigenvalue weighted by atomic mass is 10.0. The number of carbonyl (C=O) groups excluding carboxylic acids is 1. The average molecular weight is 234 g/mol. The van der Waals surface area contributed by atoms with Crippen molar-refractivity contribution < 1.29 is 9.18 Å². The van der Waals surface area contributed by atoms with Crippen molar-refractivity contribution >= 4 is 5.78 Å². The van der Waals surface area contributed by atoms with Gasteiger partial charge in [-0.05, 0) is 22.5 Å². The van der Waals surface area contributed by atoms with E-state index in [1.54, 1.807) is 18.2 Å². The first kappa shape index (κ1) is 12.3. The molecule has 2 rings (SSSR count). The molecule has 92 valence electrons. The fourth-order valence-electron chi connectivity index (χ4n) is 2.93. The van der Waals surface area contributed by atoms with Crippen LogP contribution in [0.1, 0.15) is 33.3 Å². The maximum atomic E-state index is 13.5. The Balaban J connectivity index is 2.13. The average Bonchev–Trinajstić information content (AvgIpc) is 2.61. The third kappa shape index (κ3) is 1.80. The second kappa shape index (κ2) is 3.66. The molecule has 1 nitrogen and oxygen atoms in total. The Morgan fingerprint density at radius 1 is 1.18 bits per heavy atom. The minimum Gasteiger partial charge on any atom is -0.299 e. The molecule has 0 unspecified atom stereocenters. The van der Waals surface area contributed by atoms with Gasteiger partial charge in [-0.3, -0.25) is 4.79 Å². The van der Waals surface area contributed by atoms with Crippen LogP contribution >= 0.6 is 0 Å². The van der Waals surface area contributed by atoms with Gasteiger partial charge in [0.15, 0.2) is 0 Å². The fraction of sp³-hybridized carbons (Fsp3) is 0.533. The molecule has 1 aromatic carbocycles. The van der Waals surface area contributed by atoms with Crippen LogP contribution in [-0.4, -0.2) is 5.78 Å². The Bertz CT molecular complexity index is 446. The third-order valence-corrected chi connectivity index (χ3v) is 4.67. The van der Waals surface area contributed by atoms with E-state index >= 15 is 0 Å². The molecular weight excluding hydrogens is 215 g/mol. The van der Waals surface area contributed by atoms with Crippen LogP contribution in [0, 0.1) is 22.6 Å². The molecule has 1 aliphatic rings. The second-order valence-electron chi connectivity index (χ2n) is 6.11. The first-order valence-electron chi connectivity index (χ1n) is 6.04. The summed E-state index contributed by atoms with van der Waals surface area (Å²) in [6.07, 6.45) is 0.212. The molecular formula is C15H19FO.